The second kappa shape index (κ2) is 10.2. The molecule has 0 heterocycles. The third-order valence-corrected chi connectivity index (χ3v) is 6.60. The summed E-state index contributed by atoms with van der Waals surface area (Å²) < 4.78 is 14.6. The number of hydrogen-bond donors (Lipinski definition) is 2. The maximum absolute atomic E-state index is 14.0. The van der Waals surface area contributed by atoms with Gasteiger partial charge in [-0.25, -0.2) is 4.39 Å². The van der Waals surface area contributed by atoms with Gasteiger partial charge in [-0.3, -0.25) is 9.59 Å². The number of hydrogen-bond acceptors (Lipinski definition) is 3. The summed E-state index contributed by atoms with van der Waals surface area (Å²) >= 11 is 4.54. The van der Waals surface area contributed by atoms with Gasteiger partial charge in [0.25, 0.3) is 5.91 Å². The lowest BCUT2D eigenvalue weighted by atomic mass is 10.1. The third kappa shape index (κ3) is 5.80. The van der Waals surface area contributed by atoms with Gasteiger partial charge in [0.05, 0.1) is 10.9 Å². The molecule has 4 nitrogen and oxygen atoms in total. The van der Waals surface area contributed by atoms with Crippen molar-refractivity contribution in [2.75, 3.05) is 10.6 Å². The van der Waals surface area contributed by atoms with Crippen LogP contribution in [0.15, 0.2) is 94.3 Å². The average Bonchev–Trinajstić information content (AvgIpc) is 2.81. The summed E-state index contributed by atoms with van der Waals surface area (Å²) in [6.45, 7) is 1.76. The van der Waals surface area contributed by atoms with Gasteiger partial charge >= 0.3 is 0 Å². The predicted molar refractivity (Wildman–Crippen MR) is 136 cm³/mol. The zero-order valence-electron chi connectivity index (χ0n) is 17.6. The van der Waals surface area contributed by atoms with Gasteiger partial charge in [0.15, 0.2) is 0 Å². The first-order valence-corrected chi connectivity index (χ1v) is 11.9. The number of anilines is 2. The highest BCUT2D eigenvalue weighted by molar-refractivity contribution is 9.10. The van der Waals surface area contributed by atoms with Crippen LogP contribution in [0.1, 0.15) is 17.3 Å². The van der Waals surface area contributed by atoms with E-state index in [9.17, 15) is 14.0 Å². The highest BCUT2D eigenvalue weighted by Gasteiger charge is 2.16. The average molecular weight is 523 g/mol. The first-order chi connectivity index (χ1) is 15.9. The van der Waals surface area contributed by atoms with Gasteiger partial charge in [0.2, 0.25) is 5.91 Å². The Morgan fingerprint density at radius 2 is 1.61 bits per heavy atom. The smallest absolute Gasteiger partial charge is 0.255 e. The lowest BCUT2D eigenvalue weighted by molar-refractivity contribution is -0.115. The number of carbonyl (C=O) groups excluding carboxylic acids is 2. The van der Waals surface area contributed by atoms with E-state index in [2.05, 4.69) is 26.6 Å². The Morgan fingerprint density at radius 3 is 2.33 bits per heavy atom. The van der Waals surface area contributed by atoms with E-state index in [4.69, 9.17) is 0 Å². The maximum atomic E-state index is 14.0. The van der Waals surface area contributed by atoms with E-state index in [1.165, 1.54) is 23.9 Å². The first kappa shape index (κ1) is 23.0. The Kier molecular flexibility index (Phi) is 7.11. The molecule has 7 heteroatoms. The van der Waals surface area contributed by atoms with Crippen molar-refractivity contribution in [2.24, 2.45) is 0 Å². The minimum Gasteiger partial charge on any atom is -0.323 e. The molecule has 1 unspecified atom stereocenters. The van der Waals surface area contributed by atoms with Gasteiger partial charge in [0, 0.05) is 20.6 Å². The summed E-state index contributed by atoms with van der Waals surface area (Å²) in [6.07, 6.45) is 0. The van der Waals surface area contributed by atoms with Crippen molar-refractivity contribution >= 4 is 61.7 Å². The minimum atomic E-state index is -0.499. The van der Waals surface area contributed by atoms with Crippen molar-refractivity contribution < 1.29 is 14.0 Å². The predicted octanol–water partition coefficient (Wildman–Crippen LogP) is 7.11. The number of thioether (sulfide) groups is 1. The molecular formula is C26H20BrFN2O2S. The van der Waals surface area contributed by atoms with Gasteiger partial charge in [-0.1, -0.05) is 46.3 Å². The molecule has 0 aliphatic carbocycles. The van der Waals surface area contributed by atoms with E-state index >= 15 is 0 Å². The van der Waals surface area contributed by atoms with E-state index in [0.29, 0.717) is 15.7 Å². The number of halogens is 2. The van der Waals surface area contributed by atoms with Crippen molar-refractivity contribution in [3.63, 3.8) is 0 Å². The van der Waals surface area contributed by atoms with Gasteiger partial charge in [0.1, 0.15) is 5.82 Å². The monoisotopic (exact) mass is 522 g/mol. The molecule has 0 fully saturated rings. The Morgan fingerprint density at radius 1 is 0.879 bits per heavy atom. The summed E-state index contributed by atoms with van der Waals surface area (Å²) in [5, 5.41) is 7.16. The van der Waals surface area contributed by atoms with Crippen LogP contribution in [0.3, 0.4) is 0 Å². The van der Waals surface area contributed by atoms with Crippen LogP contribution in [-0.2, 0) is 4.79 Å². The van der Waals surface area contributed by atoms with Gasteiger partial charge < -0.3 is 10.6 Å². The summed E-state index contributed by atoms with van der Waals surface area (Å²) in [7, 11) is 0. The number of fused-ring (bicyclic) bond motifs is 1. The molecule has 0 aromatic heterocycles. The van der Waals surface area contributed by atoms with Crippen LogP contribution in [0.4, 0.5) is 15.8 Å². The topological polar surface area (TPSA) is 58.2 Å². The summed E-state index contributed by atoms with van der Waals surface area (Å²) in [6, 6.07) is 25.2. The molecule has 0 bridgehead atoms. The van der Waals surface area contributed by atoms with Crippen molar-refractivity contribution in [1.82, 2.24) is 0 Å². The standard InChI is InChI=1S/C26H20BrFN2O2S/c1-16(25(31)30-24-13-8-20(27)15-23(24)28)33-22-11-9-21(10-12-22)29-26(32)19-7-6-17-4-2-3-5-18(17)14-19/h2-16H,1H3,(H,29,32)(H,30,31). The van der Waals surface area contributed by atoms with Crippen LogP contribution in [0, 0.1) is 5.82 Å². The van der Waals surface area contributed by atoms with Crippen LogP contribution < -0.4 is 10.6 Å². The summed E-state index contributed by atoms with van der Waals surface area (Å²) in [5.41, 5.74) is 1.38. The van der Waals surface area contributed by atoms with Crippen molar-refractivity contribution in [2.45, 2.75) is 17.1 Å². The van der Waals surface area contributed by atoms with Crippen molar-refractivity contribution in [1.29, 1.82) is 0 Å². The van der Waals surface area contributed by atoms with Crippen LogP contribution in [-0.4, -0.2) is 17.1 Å². The molecule has 0 aliphatic heterocycles. The molecule has 2 N–H and O–H groups in total. The number of benzene rings is 4. The lowest BCUT2D eigenvalue weighted by Gasteiger charge is -2.13. The third-order valence-electron chi connectivity index (χ3n) is 4.99. The molecule has 0 spiro atoms. The maximum Gasteiger partial charge on any atom is 0.255 e. The lowest BCUT2D eigenvalue weighted by Crippen LogP contribution is -2.22. The van der Waals surface area contributed by atoms with E-state index in [1.807, 2.05) is 48.5 Å². The molecule has 4 aromatic carbocycles. The molecule has 0 saturated carbocycles. The fourth-order valence-electron chi connectivity index (χ4n) is 3.23. The molecule has 4 rings (SSSR count). The van der Waals surface area contributed by atoms with Crippen molar-refractivity contribution in [3.05, 3.63) is 101 Å². The Hall–Kier alpha value is -3.16. The zero-order chi connectivity index (χ0) is 23.4. The molecule has 2 amide bonds. The number of carbonyl (C=O) groups is 2. The quantitative estimate of drug-likeness (QED) is 0.265. The molecule has 1 atom stereocenters. The molecule has 0 radical (unpaired) electrons. The highest BCUT2D eigenvalue weighted by Crippen LogP contribution is 2.27. The molecule has 4 aromatic rings. The Labute approximate surface area is 203 Å². The fraction of sp³-hybridized carbons (Fsp3) is 0.0769. The van der Waals surface area contributed by atoms with Crippen LogP contribution >= 0.6 is 27.7 Å². The van der Waals surface area contributed by atoms with Crippen LogP contribution in [0.25, 0.3) is 10.8 Å². The van der Waals surface area contributed by atoms with Gasteiger partial charge in [-0.05, 0) is 72.3 Å². The molecule has 166 valence electrons. The van der Waals surface area contributed by atoms with E-state index in [-0.39, 0.29) is 17.5 Å². The normalized spacial score (nSPS) is 11.7. The summed E-state index contributed by atoms with van der Waals surface area (Å²) in [5.74, 6) is -0.984. The molecule has 0 saturated heterocycles. The van der Waals surface area contributed by atoms with Crippen LogP contribution in [0.5, 0.6) is 0 Å². The van der Waals surface area contributed by atoms with Crippen LogP contribution in [0.2, 0.25) is 0 Å². The van der Waals surface area contributed by atoms with Gasteiger partial charge in [-0.15, -0.1) is 11.8 Å². The van der Waals surface area contributed by atoms with E-state index in [1.54, 1.807) is 31.2 Å². The largest absolute Gasteiger partial charge is 0.323 e. The summed E-state index contributed by atoms with van der Waals surface area (Å²) in [4.78, 5) is 25.9. The first-order valence-electron chi connectivity index (χ1n) is 10.2. The number of amides is 2. The fourth-order valence-corrected chi connectivity index (χ4v) is 4.43. The van der Waals surface area contributed by atoms with Crippen molar-refractivity contribution in [3.8, 4) is 0 Å². The Bertz CT molecular complexity index is 1330. The number of nitrogens with one attached hydrogen (secondary N) is 2. The zero-order valence-corrected chi connectivity index (χ0v) is 20.0. The second-order valence-electron chi connectivity index (χ2n) is 7.41. The van der Waals surface area contributed by atoms with E-state index in [0.717, 1.165) is 15.7 Å². The minimum absolute atomic E-state index is 0.141. The van der Waals surface area contributed by atoms with Gasteiger partial charge in [-0.2, -0.15) is 0 Å². The number of rotatable bonds is 6. The highest BCUT2D eigenvalue weighted by atomic mass is 79.9. The molecular weight excluding hydrogens is 503 g/mol. The Balaban J connectivity index is 1.36. The van der Waals surface area contributed by atoms with E-state index < -0.39 is 11.1 Å². The molecule has 0 aliphatic rings. The SMILES string of the molecule is CC(Sc1ccc(NC(=O)c2ccc3ccccc3c2)cc1)C(=O)Nc1ccc(Br)cc1F. The molecule has 33 heavy (non-hydrogen) atoms. The second-order valence-corrected chi connectivity index (χ2v) is 9.74.